The Morgan fingerprint density at radius 1 is 1.45 bits per heavy atom. The van der Waals surface area contributed by atoms with Gasteiger partial charge in [0.25, 0.3) is 5.91 Å². The first-order valence-corrected chi connectivity index (χ1v) is 6.44. The van der Waals surface area contributed by atoms with Crippen LogP contribution >= 0.6 is 0 Å². The maximum Gasteiger partial charge on any atom is 0.329 e. The van der Waals surface area contributed by atoms with Crippen molar-refractivity contribution in [3.8, 4) is 6.07 Å². The van der Waals surface area contributed by atoms with Gasteiger partial charge in [0, 0.05) is 5.56 Å². The number of rotatable bonds is 6. The number of nitriles is 1. The standard InChI is InChI=1S/C15H18N2O3/c1-3-8-15(2,14(19)20)17-13(18)12-6-4-5-11(10-12)7-9-16/h4-6,10H,3,7-8H2,1-2H3,(H,17,18)(H,19,20)/t15-/m1/s1. The molecule has 0 heterocycles. The summed E-state index contributed by atoms with van der Waals surface area (Å²) in [6.07, 6.45) is 1.22. The molecule has 0 fully saturated rings. The molecule has 0 saturated carbocycles. The van der Waals surface area contributed by atoms with Crippen molar-refractivity contribution in [2.75, 3.05) is 0 Å². The third-order valence-corrected chi connectivity index (χ3v) is 3.08. The average Bonchev–Trinajstić information content (AvgIpc) is 2.39. The van der Waals surface area contributed by atoms with Crippen molar-refractivity contribution >= 4 is 11.9 Å². The van der Waals surface area contributed by atoms with Crippen molar-refractivity contribution in [1.82, 2.24) is 5.32 Å². The summed E-state index contributed by atoms with van der Waals surface area (Å²) in [7, 11) is 0. The number of carboxylic acids is 1. The van der Waals surface area contributed by atoms with Crippen LogP contribution in [0.15, 0.2) is 24.3 Å². The fourth-order valence-corrected chi connectivity index (χ4v) is 1.96. The molecule has 0 aliphatic carbocycles. The first kappa shape index (κ1) is 15.7. The van der Waals surface area contributed by atoms with Gasteiger partial charge in [0.05, 0.1) is 12.5 Å². The zero-order valence-electron chi connectivity index (χ0n) is 11.6. The minimum Gasteiger partial charge on any atom is -0.480 e. The molecule has 1 rings (SSSR count). The number of amides is 1. The summed E-state index contributed by atoms with van der Waals surface area (Å²) in [5.41, 5.74) is -0.189. The minimum absolute atomic E-state index is 0.215. The van der Waals surface area contributed by atoms with Gasteiger partial charge in [-0.25, -0.2) is 4.79 Å². The van der Waals surface area contributed by atoms with Gasteiger partial charge >= 0.3 is 5.97 Å². The van der Waals surface area contributed by atoms with Crippen molar-refractivity contribution in [2.24, 2.45) is 0 Å². The summed E-state index contributed by atoms with van der Waals surface area (Å²) in [5.74, 6) is -1.50. The van der Waals surface area contributed by atoms with Crippen LogP contribution in [0.2, 0.25) is 0 Å². The first-order valence-electron chi connectivity index (χ1n) is 6.44. The van der Waals surface area contributed by atoms with Gasteiger partial charge in [-0.15, -0.1) is 0 Å². The molecule has 0 aliphatic heterocycles. The molecule has 1 aromatic rings. The van der Waals surface area contributed by atoms with Crippen molar-refractivity contribution in [3.63, 3.8) is 0 Å². The number of carbonyl (C=O) groups is 2. The van der Waals surface area contributed by atoms with E-state index in [4.69, 9.17) is 5.26 Å². The molecule has 0 unspecified atom stereocenters. The summed E-state index contributed by atoms with van der Waals surface area (Å²) in [4.78, 5) is 23.4. The maximum atomic E-state index is 12.1. The number of nitrogens with zero attached hydrogens (tertiary/aromatic N) is 1. The van der Waals surface area contributed by atoms with E-state index in [2.05, 4.69) is 5.32 Å². The third-order valence-electron chi connectivity index (χ3n) is 3.08. The van der Waals surface area contributed by atoms with Crippen LogP contribution in [0.5, 0.6) is 0 Å². The molecule has 0 bridgehead atoms. The lowest BCUT2D eigenvalue weighted by Gasteiger charge is -2.25. The van der Waals surface area contributed by atoms with Gasteiger partial charge in [-0.1, -0.05) is 25.5 Å². The van der Waals surface area contributed by atoms with Crippen molar-refractivity contribution in [3.05, 3.63) is 35.4 Å². The van der Waals surface area contributed by atoms with Crippen LogP contribution in [-0.2, 0) is 11.2 Å². The predicted molar refractivity (Wildman–Crippen MR) is 74.2 cm³/mol. The van der Waals surface area contributed by atoms with Gasteiger partial charge in [-0.3, -0.25) is 4.79 Å². The highest BCUT2D eigenvalue weighted by Crippen LogP contribution is 2.14. The van der Waals surface area contributed by atoms with Gasteiger partial charge in [0.2, 0.25) is 0 Å². The molecule has 5 nitrogen and oxygen atoms in total. The second kappa shape index (κ2) is 6.71. The minimum atomic E-state index is -1.28. The summed E-state index contributed by atoms with van der Waals surface area (Å²) in [6, 6.07) is 8.65. The molecule has 1 atom stereocenters. The van der Waals surface area contributed by atoms with Crippen LogP contribution < -0.4 is 5.32 Å². The number of nitrogens with one attached hydrogen (secondary N) is 1. The molecule has 2 N–H and O–H groups in total. The highest BCUT2D eigenvalue weighted by molar-refractivity contribution is 5.97. The highest BCUT2D eigenvalue weighted by atomic mass is 16.4. The van der Waals surface area contributed by atoms with E-state index in [1.807, 2.05) is 13.0 Å². The van der Waals surface area contributed by atoms with E-state index in [1.165, 1.54) is 6.92 Å². The van der Waals surface area contributed by atoms with E-state index >= 15 is 0 Å². The molecule has 0 radical (unpaired) electrons. The predicted octanol–water partition coefficient (Wildman–Crippen LogP) is 2.13. The maximum absolute atomic E-state index is 12.1. The monoisotopic (exact) mass is 274 g/mol. The second-order valence-corrected chi connectivity index (χ2v) is 4.88. The Morgan fingerprint density at radius 2 is 2.15 bits per heavy atom. The summed E-state index contributed by atoms with van der Waals surface area (Å²) >= 11 is 0. The lowest BCUT2D eigenvalue weighted by atomic mass is 9.95. The third kappa shape index (κ3) is 3.82. The van der Waals surface area contributed by atoms with Gasteiger partial charge in [-0.2, -0.15) is 5.26 Å². The van der Waals surface area contributed by atoms with Gasteiger partial charge in [0.15, 0.2) is 0 Å². The Kier molecular flexibility index (Phi) is 5.27. The number of carboxylic acid groups (broad SMARTS) is 1. The molecule has 1 amide bonds. The lowest BCUT2D eigenvalue weighted by Crippen LogP contribution is -2.52. The van der Waals surface area contributed by atoms with Gasteiger partial charge < -0.3 is 10.4 Å². The van der Waals surface area contributed by atoms with Crippen molar-refractivity contribution in [1.29, 1.82) is 5.26 Å². The fraction of sp³-hybridized carbons (Fsp3) is 0.400. The van der Waals surface area contributed by atoms with Crippen LogP contribution in [-0.4, -0.2) is 22.5 Å². The topological polar surface area (TPSA) is 90.2 Å². The Bertz CT molecular complexity index is 548. The van der Waals surface area contributed by atoms with E-state index in [1.54, 1.807) is 24.3 Å². The van der Waals surface area contributed by atoms with Gasteiger partial charge in [-0.05, 0) is 31.0 Å². The summed E-state index contributed by atoms with van der Waals surface area (Å²) in [6.45, 7) is 3.36. The number of hydrogen-bond acceptors (Lipinski definition) is 3. The average molecular weight is 274 g/mol. The van der Waals surface area contributed by atoms with Crippen LogP contribution in [0, 0.1) is 11.3 Å². The quantitative estimate of drug-likeness (QED) is 0.831. The van der Waals surface area contributed by atoms with Gasteiger partial charge in [0.1, 0.15) is 5.54 Å². The molecule has 1 aromatic carbocycles. The molecule has 0 aromatic heterocycles. The number of benzene rings is 1. The van der Waals surface area contributed by atoms with E-state index in [0.717, 1.165) is 5.56 Å². The molecule has 20 heavy (non-hydrogen) atoms. The Labute approximate surface area is 118 Å². The SMILES string of the molecule is CCC[C@@](C)(NC(=O)c1cccc(CC#N)c1)C(=O)O. The zero-order chi connectivity index (χ0) is 15.2. The lowest BCUT2D eigenvalue weighted by molar-refractivity contribution is -0.144. The molecule has 0 saturated heterocycles. The molecule has 5 heteroatoms. The van der Waals surface area contributed by atoms with Crippen LogP contribution in [0.1, 0.15) is 42.6 Å². The zero-order valence-corrected chi connectivity index (χ0v) is 11.6. The molecular formula is C15H18N2O3. The molecule has 0 aliphatic rings. The number of aliphatic carboxylic acids is 1. The Balaban J connectivity index is 2.92. The number of carbonyl (C=O) groups excluding carboxylic acids is 1. The van der Waals surface area contributed by atoms with E-state index in [0.29, 0.717) is 18.4 Å². The smallest absolute Gasteiger partial charge is 0.329 e. The van der Waals surface area contributed by atoms with Crippen LogP contribution in [0.25, 0.3) is 0 Å². The largest absolute Gasteiger partial charge is 0.480 e. The summed E-state index contributed by atoms with van der Waals surface area (Å²) < 4.78 is 0. The van der Waals surface area contributed by atoms with Crippen molar-refractivity contribution in [2.45, 2.75) is 38.6 Å². The normalized spacial score (nSPS) is 13.1. The fourth-order valence-electron chi connectivity index (χ4n) is 1.96. The van der Waals surface area contributed by atoms with Crippen LogP contribution in [0.3, 0.4) is 0 Å². The Hall–Kier alpha value is -2.35. The van der Waals surface area contributed by atoms with Crippen molar-refractivity contribution < 1.29 is 14.7 Å². The molecule has 106 valence electrons. The molecular weight excluding hydrogens is 256 g/mol. The van der Waals surface area contributed by atoms with E-state index in [9.17, 15) is 14.7 Å². The summed E-state index contributed by atoms with van der Waals surface area (Å²) in [5, 5.41) is 20.4. The van der Waals surface area contributed by atoms with E-state index < -0.39 is 17.4 Å². The highest BCUT2D eigenvalue weighted by Gasteiger charge is 2.34. The van der Waals surface area contributed by atoms with Crippen LogP contribution in [0.4, 0.5) is 0 Å². The first-order chi connectivity index (χ1) is 9.42. The Morgan fingerprint density at radius 3 is 2.70 bits per heavy atom. The molecule has 0 spiro atoms. The number of hydrogen-bond donors (Lipinski definition) is 2. The van der Waals surface area contributed by atoms with E-state index in [-0.39, 0.29) is 6.42 Å². The second-order valence-electron chi connectivity index (χ2n) is 4.88.